The van der Waals surface area contributed by atoms with Gasteiger partial charge in [0.15, 0.2) is 0 Å². The Morgan fingerprint density at radius 1 is 1.20 bits per heavy atom. The minimum Gasteiger partial charge on any atom is -0.495 e. The summed E-state index contributed by atoms with van der Waals surface area (Å²) in [6.45, 7) is 3.21. The van der Waals surface area contributed by atoms with Crippen LogP contribution in [0.1, 0.15) is 22.7 Å². The van der Waals surface area contributed by atoms with Gasteiger partial charge in [0.1, 0.15) is 17.3 Å². The van der Waals surface area contributed by atoms with E-state index in [9.17, 15) is 14.3 Å². The van der Waals surface area contributed by atoms with Crippen LogP contribution in [0.5, 0.6) is 5.75 Å². The average molecular weight is 476 g/mol. The summed E-state index contributed by atoms with van der Waals surface area (Å²) >= 11 is 0. The molecule has 2 aromatic carbocycles. The Labute approximate surface area is 202 Å². The summed E-state index contributed by atoms with van der Waals surface area (Å²) in [5.74, 6) is 0.647. The largest absolute Gasteiger partial charge is 0.495 e. The maximum Gasteiger partial charge on any atom is 0.279 e. The maximum atomic E-state index is 13.4. The highest BCUT2D eigenvalue weighted by atomic mass is 19.1. The number of aromatic nitrogens is 2. The minimum absolute atomic E-state index is 0.0255. The Hall–Kier alpha value is -3.98. The molecule has 3 heterocycles. The lowest BCUT2D eigenvalue weighted by Crippen LogP contribution is -2.53. The molecule has 0 aliphatic carbocycles. The number of hydrogen-bond acceptors (Lipinski definition) is 6. The second kappa shape index (κ2) is 9.34. The summed E-state index contributed by atoms with van der Waals surface area (Å²) in [6, 6.07) is 12.0. The number of nitrogens with zero attached hydrogens (tertiary/aromatic N) is 5. The van der Waals surface area contributed by atoms with Crippen LogP contribution in [0.2, 0.25) is 0 Å². The number of carbonyl (C=O) groups excluding carboxylic acids is 1. The van der Waals surface area contributed by atoms with E-state index in [4.69, 9.17) is 4.74 Å². The molecule has 1 atom stereocenters. The first-order valence-electron chi connectivity index (χ1n) is 11.4. The van der Waals surface area contributed by atoms with Crippen LogP contribution in [0.25, 0.3) is 11.8 Å². The van der Waals surface area contributed by atoms with Gasteiger partial charge < -0.3 is 19.3 Å². The summed E-state index contributed by atoms with van der Waals surface area (Å²) < 4.78 is 20.9. The van der Waals surface area contributed by atoms with Gasteiger partial charge in [-0.05, 0) is 48.4 Å². The number of rotatable bonds is 6. The molecule has 0 bridgehead atoms. The van der Waals surface area contributed by atoms with E-state index in [1.807, 2.05) is 40.8 Å². The molecule has 1 unspecified atom stereocenters. The van der Waals surface area contributed by atoms with Crippen molar-refractivity contribution < 1.29 is 19.0 Å². The zero-order valence-electron chi connectivity index (χ0n) is 19.6. The molecular formula is C26H26FN5O3. The van der Waals surface area contributed by atoms with Gasteiger partial charge in [0.05, 0.1) is 31.4 Å². The van der Waals surface area contributed by atoms with Crippen molar-refractivity contribution in [1.29, 1.82) is 0 Å². The van der Waals surface area contributed by atoms with Crippen molar-refractivity contribution in [1.82, 2.24) is 19.4 Å². The number of halogens is 1. The van der Waals surface area contributed by atoms with Gasteiger partial charge in [-0.3, -0.25) is 9.69 Å². The van der Waals surface area contributed by atoms with Gasteiger partial charge in [-0.1, -0.05) is 18.2 Å². The second-order valence-electron chi connectivity index (χ2n) is 8.63. The molecule has 2 aliphatic rings. The molecule has 1 amide bonds. The lowest BCUT2D eigenvalue weighted by atomic mass is 9.96. The zero-order valence-corrected chi connectivity index (χ0v) is 19.6. The highest BCUT2D eigenvalue weighted by molar-refractivity contribution is 6.14. The van der Waals surface area contributed by atoms with Gasteiger partial charge >= 0.3 is 0 Å². The molecule has 1 saturated heterocycles. The number of fused-ring (bicyclic) bond motifs is 1. The topological polar surface area (TPSA) is 83.2 Å². The number of hydrogen-bond donors (Lipinski definition) is 1. The van der Waals surface area contributed by atoms with E-state index in [1.165, 1.54) is 12.1 Å². The predicted molar refractivity (Wildman–Crippen MR) is 130 cm³/mol. The van der Waals surface area contributed by atoms with Crippen LogP contribution in [0.15, 0.2) is 65.7 Å². The van der Waals surface area contributed by atoms with Crippen LogP contribution in [0, 0.1) is 12.7 Å². The average Bonchev–Trinajstić information content (AvgIpc) is 3.43. The van der Waals surface area contributed by atoms with Gasteiger partial charge in [-0.25, -0.2) is 14.4 Å². The van der Waals surface area contributed by atoms with E-state index in [1.54, 1.807) is 36.5 Å². The van der Waals surface area contributed by atoms with Crippen molar-refractivity contribution in [2.24, 2.45) is 4.99 Å². The fourth-order valence-corrected chi connectivity index (χ4v) is 4.54. The van der Waals surface area contributed by atoms with Crippen molar-refractivity contribution in [3.63, 3.8) is 0 Å². The van der Waals surface area contributed by atoms with Crippen molar-refractivity contribution in [2.75, 3.05) is 33.4 Å². The normalized spacial score (nSPS) is 18.7. The molecular weight excluding hydrogens is 449 g/mol. The third-order valence-electron chi connectivity index (χ3n) is 6.26. The smallest absolute Gasteiger partial charge is 0.279 e. The standard InChI is InChI=1S/C26H26FN5O3/c1-17-13-31(16-28-17)23-8-3-18(12-24(23)35-2)11-22-25(34)32-15-20(19-4-6-21(27)7-5-19)14-30(9-10-33)26(32)29-22/h3-8,11-13,16,20,33H,9-10,14-15H2,1-2H3/b22-11-. The van der Waals surface area contributed by atoms with Gasteiger partial charge in [-0.2, -0.15) is 0 Å². The van der Waals surface area contributed by atoms with Gasteiger partial charge in [0, 0.05) is 31.7 Å². The number of aryl methyl sites for hydroxylation is 1. The molecule has 0 radical (unpaired) electrons. The summed E-state index contributed by atoms with van der Waals surface area (Å²) in [6.07, 6.45) is 5.37. The monoisotopic (exact) mass is 475 g/mol. The minimum atomic E-state index is -0.300. The van der Waals surface area contributed by atoms with Crippen LogP contribution in [0.3, 0.4) is 0 Å². The van der Waals surface area contributed by atoms with Gasteiger partial charge in [0.2, 0.25) is 5.96 Å². The molecule has 0 saturated carbocycles. The molecule has 1 aromatic heterocycles. The van der Waals surface area contributed by atoms with E-state index in [-0.39, 0.29) is 24.2 Å². The molecule has 3 aromatic rings. The number of amides is 1. The summed E-state index contributed by atoms with van der Waals surface area (Å²) in [7, 11) is 1.60. The number of aliphatic hydroxyl groups is 1. The number of methoxy groups -OCH3 is 1. The Kier molecular flexibility index (Phi) is 6.08. The van der Waals surface area contributed by atoms with Crippen molar-refractivity contribution in [2.45, 2.75) is 12.8 Å². The predicted octanol–water partition coefficient (Wildman–Crippen LogP) is 2.96. The number of imidazole rings is 1. The molecule has 0 spiro atoms. The molecule has 180 valence electrons. The zero-order chi connectivity index (χ0) is 24.5. The SMILES string of the molecule is COc1cc(/C=C2\N=C3N(CCO)CC(c4ccc(F)cc4)CN3C2=O)ccc1-n1cnc(C)c1. The number of benzene rings is 2. The molecule has 1 fully saturated rings. The molecule has 2 aliphatic heterocycles. The second-order valence-corrected chi connectivity index (χ2v) is 8.63. The number of β-amino-alcohol motifs (C(OH)–C–C–N with tert-alkyl or cyclic N) is 1. The summed E-state index contributed by atoms with van der Waals surface area (Å²) in [5.41, 5.74) is 3.77. The third kappa shape index (κ3) is 4.42. The number of carbonyl (C=O) groups is 1. The summed E-state index contributed by atoms with van der Waals surface area (Å²) in [5, 5.41) is 9.59. The molecule has 35 heavy (non-hydrogen) atoms. The van der Waals surface area contributed by atoms with Crippen LogP contribution in [0.4, 0.5) is 4.39 Å². The number of aliphatic hydroxyl groups excluding tert-OH is 1. The van der Waals surface area contributed by atoms with Crippen molar-refractivity contribution >= 4 is 17.9 Å². The van der Waals surface area contributed by atoms with Crippen molar-refractivity contribution in [3.05, 3.63) is 83.3 Å². The Morgan fingerprint density at radius 2 is 2.00 bits per heavy atom. The van der Waals surface area contributed by atoms with E-state index in [0.717, 1.165) is 22.5 Å². The van der Waals surface area contributed by atoms with E-state index >= 15 is 0 Å². The van der Waals surface area contributed by atoms with Gasteiger partial charge in [-0.15, -0.1) is 0 Å². The molecule has 8 nitrogen and oxygen atoms in total. The highest BCUT2D eigenvalue weighted by Gasteiger charge is 2.40. The quantitative estimate of drug-likeness (QED) is 0.555. The highest BCUT2D eigenvalue weighted by Crippen LogP contribution is 2.31. The van der Waals surface area contributed by atoms with Gasteiger partial charge in [0.25, 0.3) is 5.91 Å². The Bertz CT molecular complexity index is 1310. The fraction of sp³-hybridized carbons (Fsp3) is 0.269. The first-order chi connectivity index (χ1) is 17.0. The Morgan fingerprint density at radius 3 is 2.69 bits per heavy atom. The number of aliphatic imine (C=N–C) groups is 1. The van der Waals surface area contributed by atoms with Crippen LogP contribution >= 0.6 is 0 Å². The molecule has 9 heteroatoms. The summed E-state index contributed by atoms with van der Waals surface area (Å²) in [4.78, 5) is 25.7. The Balaban J connectivity index is 1.44. The number of guanidine groups is 1. The first-order valence-corrected chi connectivity index (χ1v) is 11.4. The molecule has 1 N–H and O–H groups in total. The number of ether oxygens (including phenoxy) is 1. The van der Waals surface area contributed by atoms with E-state index in [2.05, 4.69) is 9.98 Å². The lowest BCUT2D eigenvalue weighted by molar-refractivity contribution is -0.123. The first kappa shape index (κ1) is 22.8. The van der Waals surface area contributed by atoms with Crippen LogP contribution < -0.4 is 4.74 Å². The molecule has 5 rings (SSSR count). The lowest BCUT2D eigenvalue weighted by Gasteiger charge is -2.39. The van der Waals surface area contributed by atoms with E-state index < -0.39 is 0 Å². The van der Waals surface area contributed by atoms with E-state index in [0.29, 0.717) is 37.0 Å². The fourth-order valence-electron chi connectivity index (χ4n) is 4.54. The van der Waals surface area contributed by atoms with Crippen LogP contribution in [-0.2, 0) is 4.79 Å². The van der Waals surface area contributed by atoms with Crippen LogP contribution in [-0.4, -0.2) is 69.7 Å². The van der Waals surface area contributed by atoms with Crippen molar-refractivity contribution in [3.8, 4) is 11.4 Å². The third-order valence-corrected chi connectivity index (χ3v) is 6.26. The maximum absolute atomic E-state index is 13.4.